The van der Waals surface area contributed by atoms with Crippen LogP contribution >= 0.6 is 0 Å². The standard InChI is InChI=1S/2C21H14FN5O2.C2H6O/c2*1-11-17-19(27(26-11)13-5-3-2-4-6-13)29-18(24)15(10-23)21(17)14-9-12(22)7-8-16(14)25-20(21)28;1-2-3/h2*2-9H,24H2,1H3,(H,25,28);3H,2H2,1H3. The molecule has 2 unspecified atom stereocenters. The van der Waals surface area contributed by atoms with E-state index in [-0.39, 0.29) is 41.3 Å². The first kappa shape index (κ1) is 39.5. The van der Waals surface area contributed by atoms with Crippen molar-refractivity contribution in [3.8, 4) is 35.3 Å². The molecule has 2 spiro atoms. The third-order valence-electron chi connectivity index (χ3n) is 10.6. The maximum Gasteiger partial charge on any atom is 0.245 e. The Bertz CT molecular complexity index is 2770. The summed E-state index contributed by atoms with van der Waals surface area (Å²) in [6, 6.07) is 30.3. The van der Waals surface area contributed by atoms with Gasteiger partial charge in [0, 0.05) is 29.1 Å². The molecule has 0 saturated carbocycles. The summed E-state index contributed by atoms with van der Waals surface area (Å²) in [7, 11) is 0. The number of aliphatic hydroxyl groups is 1. The number of nitriles is 2. The number of aliphatic hydroxyl groups excluding tert-OH is 1. The van der Waals surface area contributed by atoms with Crippen molar-refractivity contribution >= 4 is 23.2 Å². The Labute approximate surface area is 346 Å². The van der Waals surface area contributed by atoms with Crippen molar-refractivity contribution in [2.45, 2.75) is 31.6 Å². The second-order valence-electron chi connectivity index (χ2n) is 14.0. The number of benzene rings is 4. The van der Waals surface area contributed by atoms with Gasteiger partial charge in [-0.2, -0.15) is 20.7 Å². The third-order valence-corrected chi connectivity index (χ3v) is 10.6. The Morgan fingerprint density at radius 1 is 0.689 bits per heavy atom. The van der Waals surface area contributed by atoms with Gasteiger partial charge in [-0.1, -0.05) is 36.4 Å². The SMILES string of the molecule is CCO.Cc1nn(-c2ccccc2)c2c1C1(C(=O)Nc3ccc(F)cc31)C(C#N)=C(N)O2.Cc1nn(-c2ccccc2)c2c1C1(C(=O)Nc3ccc(F)cc31)C(C#N)=C(N)O2. The van der Waals surface area contributed by atoms with E-state index in [9.17, 15) is 28.9 Å². The number of aromatic nitrogens is 4. The molecule has 15 nitrogen and oxygen atoms in total. The predicted octanol–water partition coefficient (Wildman–Crippen LogP) is 5.29. The Morgan fingerprint density at radius 2 is 1.05 bits per heavy atom. The van der Waals surface area contributed by atoms with Crippen LogP contribution in [0, 0.1) is 48.1 Å². The molecule has 61 heavy (non-hydrogen) atoms. The zero-order chi connectivity index (χ0) is 43.4. The maximum atomic E-state index is 14.2. The highest BCUT2D eigenvalue weighted by atomic mass is 19.1. The molecule has 10 rings (SSSR count). The number of aryl methyl sites for hydroxylation is 2. The number of nitrogens with one attached hydrogen (secondary N) is 2. The zero-order valence-electron chi connectivity index (χ0n) is 32.6. The van der Waals surface area contributed by atoms with Crippen LogP contribution < -0.4 is 31.6 Å². The molecule has 4 aliphatic heterocycles. The van der Waals surface area contributed by atoms with Crippen LogP contribution in [0.2, 0.25) is 0 Å². The van der Waals surface area contributed by atoms with Crippen molar-refractivity contribution in [1.82, 2.24) is 19.6 Å². The fraction of sp³-hybridized carbons (Fsp3) is 0.136. The quantitative estimate of drug-likeness (QED) is 0.151. The first-order valence-electron chi connectivity index (χ1n) is 18.7. The van der Waals surface area contributed by atoms with Crippen LogP contribution in [0.4, 0.5) is 20.2 Å². The Morgan fingerprint density at radius 3 is 1.39 bits per heavy atom. The van der Waals surface area contributed by atoms with Crippen LogP contribution in [0.3, 0.4) is 0 Å². The number of nitrogens with zero attached hydrogens (tertiary/aromatic N) is 6. The molecule has 0 bridgehead atoms. The third kappa shape index (κ3) is 5.70. The van der Waals surface area contributed by atoms with E-state index < -0.39 is 34.3 Å². The van der Waals surface area contributed by atoms with Crippen molar-refractivity contribution < 1.29 is 33.0 Å². The second-order valence-corrected chi connectivity index (χ2v) is 14.0. The summed E-state index contributed by atoms with van der Waals surface area (Å²) < 4.78 is 43.0. The van der Waals surface area contributed by atoms with Crippen molar-refractivity contribution in [3.05, 3.63) is 165 Å². The lowest BCUT2D eigenvalue weighted by atomic mass is 9.69. The molecular formula is C44H34F2N10O5. The summed E-state index contributed by atoms with van der Waals surface area (Å²) in [5, 5.41) is 41.9. The number of carbonyl (C=O) groups is 2. The number of rotatable bonds is 2. The molecule has 4 aliphatic rings. The van der Waals surface area contributed by atoms with Gasteiger partial charge in [-0.05, 0) is 81.4 Å². The van der Waals surface area contributed by atoms with Crippen LogP contribution in [0.25, 0.3) is 11.4 Å². The Balaban J connectivity index is 0.000000158. The van der Waals surface area contributed by atoms with Gasteiger partial charge in [-0.15, -0.1) is 0 Å². The highest BCUT2D eigenvalue weighted by Gasteiger charge is 2.60. The highest BCUT2D eigenvalue weighted by molar-refractivity contribution is 6.13. The van der Waals surface area contributed by atoms with Gasteiger partial charge in [-0.3, -0.25) is 9.59 Å². The lowest BCUT2D eigenvalue weighted by Gasteiger charge is -2.32. The molecule has 6 aromatic rings. The van der Waals surface area contributed by atoms with Gasteiger partial charge in [0.15, 0.2) is 0 Å². The first-order chi connectivity index (χ1) is 29.4. The molecule has 2 atom stereocenters. The minimum absolute atomic E-state index is 0.0949. The number of anilines is 2. The normalized spacial score (nSPS) is 18.8. The van der Waals surface area contributed by atoms with Crippen molar-refractivity contribution in [1.29, 1.82) is 10.5 Å². The van der Waals surface area contributed by atoms with E-state index >= 15 is 0 Å². The molecule has 304 valence electrons. The summed E-state index contributed by atoms with van der Waals surface area (Å²) in [5.41, 5.74) is 13.2. The summed E-state index contributed by atoms with van der Waals surface area (Å²) in [4.78, 5) is 26.7. The minimum Gasteiger partial charge on any atom is -0.422 e. The molecule has 0 radical (unpaired) electrons. The molecule has 4 aromatic carbocycles. The number of fused-ring (bicyclic) bond motifs is 8. The monoisotopic (exact) mass is 820 g/mol. The topological polar surface area (TPSA) is 232 Å². The summed E-state index contributed by atoms with van der Waals surface area (Å²) >= 11 is 0. The maximum absolute atomic E-state index is 14.2. The summed E-state index contributed by atoms with van der Waals surface area (Å²) in [5.74, 6) is -2.06. The Kier molecular flexibility index (Phi) is 9.61. The van der Waals surface area contributed by atoms with Crippen molar-refractivity contribution in [2.24, 2.45) is 11.5 Å². The van der Waals surface area contributed by atoms with Crippen LogP contribution in [0.5, 0.6) is 11.8 Å². The number of carbonyl (C=O) groups excluding carboxylic acids is 2. The van der Waals surface area contributed by atoms with Crippen LogP contribution in [0.15, 0.2) is 120 Å². The number of ether oxygens (including phenoxy) is 2. The predicted molar refractivity (Wildman–Crippen MR) is 216 cm³/mol. The van der Waals surface area contributed by atoms with Gasteiger partial charge >= 0.3 is 0 Å². The molecular weight excluding hydrogens is 787 g/mol. The van der Waals surface area contributed by atoms with Gasteiger partial charge in [0.1, 0.15) is 45.7 Å². The van der Waals surface area contributed by atoms with Crippen LogP contribution in [-0.2, 0) is 20.4 Å². The molecule has 6 heterocycles. The van der Waals surface area contributed by atoms with Gasteiger partial charge in [-0.25, -0.2) is 18.1 Å². The van der Waals surface area contributed by atoms with Crippen molar-refractivity contribution in [2.75, 3.05) is 17.2 Å². The van der Waals surface area contributed by atoms with E-state index in [1.165, 1.54) is 45.8 Å². The molecule has 7 N–H and O–H groups in total. The van der Waals surface area contributed by atoms with Crippen molar-refractivity contribution in [3.63, 3.8) is 0 Å². The first-order valence-corrected chi connectivity index (χ1v) is 18.7. The smallest absolute Gasteiger partial charge is 0.245 e. The van der Waals surface area contributed by atoms with E-state index in [2.05, 4.69) is 20.8 Å². The lowest BCUT2D eigenvalue weighted by molar-refractivity contribution is -0.119. The Hall–Kier alpha value is -8.28. The van der Waals surface area contributed by atoms with Gasteiger partial charge in [0.2, 0.25) is 35.3 Å². The lowest BCUT2D eigenvalue weighted by Crippen LogP contribution is -2.42. The van der Waals surface area contributed by atoms with Gasteiger partial charge in [0.05, 0.1) is 33.9 Å². The number of hydrogen-bond donors (Lipinski definition) is 5. The van der Waals surface area contributed by atoms with Crippen LogP contribution in [-0.4, -0.2) is 43.1 Å². The molecule has 17 heteroatoms. The highest BCUT2D eigenvalue weighted by Crippen LogP contribution is 2.56. The zero-order valence-corrected chi connectivity index (χ0v) is 32.6. The largest absolute Gasteiger partial charge is 0.422 e. The summed E-state index contributed by atoms with van der Waals surface area (Å²) in [6.45, 7) is 5.36. The average molecular weight is 821 g/mol. The summed E-state index contributed by atoms with van der Waals surface area (Å²) in [6.07, 6.45) is 0. The number of halogens is 2. The molecule has 0 saturated heterocycles. The van der Waals surface area contributed by atoms with Crippen LogP contribution in [0.1, 0.15) is 40.6 Å². The number of amides is 2. The van der Waals surface area contributed by atoms with E-state index in [4.69, 9.17) is 26.0 Å². The van der Waals surface area contributed by atoms with E-state index in [0.29, 0.717) is 56.4 Å². The van der Waals surface area contributed by atoms with Gasteiger partial charge in [0.25, 0.3) is 0 Å². The second kappa shape index (κ2) is 14.8. The molecule has 2 amide bonds. The number of para-hydroxylation sites is 2. The minimum atomic E-state index is -1.64. The fourth-order valence-corrected chi connectivity index (χ4v) is 8.30. The molecule has 0 aliphatic carbocycles. The molecule has 2 aromatic heterocycles. The van der Waals surface area contributed by atoms with E-state index in [0.717, 1.165) is 0 Å². The van der Waals surface area contributed by atoms with Gasteiger partial charge < -0.3 is 36.7 Å². The van der Waals surface area contributed by atoms with E-state index in [1.807, 2.05) is 72.8 Å². The number of hydrogen-bond acceptors (Lipinski definition) is 11. The number of nitrogens with two attached hydrogens (primary N) is 2. The average Bonchev–Trinajstić information content (AvgIpc) is 3.93. The van der Waals surface area contributed by atoms with E-state index in [1.54, 1.807) is 20.8 Å². The fourth-order valence-electron chi connectivity index (χ4n) is 8.30. The molecule has 0 fully saturated rings.